The number of ether oxygens (including phenoxy) is 2. The molecule has 1 aromatic rings. The second-order valence-electron chi connectivity index (χ2n) is 8.35. The van der Waals surface area contributed by atoms with E-state index < -0.39 is 35.2 Å². The monoisotopic (exact) mass is 422 g/mol. The van der Waals surface area contributed by atoms with Gasteiger partial charge in [0.2, 0.25) is 11.8 Å². The molecule has 0 saturated carbocycles. The van der Waals surface area contributed by atoms with Gasteiger partial charge >= 0.3 is 12.2 Å². The molecule has 166 valence electrons. The Hall–Kier alpha value is -3.30. The van der Waals surface area contributed by atoms with Crippen molar-refractivity contribution in [1.29, 1.82) is 0 Å². The van der Waals surface area contributed by atoms with Crippen molar-refractivity contribution in [2.24, 2.45) is 0 Å². The first-order valence-corrected chi connectivity index (χ1v) is 9.37. The topological polar surface area (TPSA) is 135 Å². The van der Waals surface area contributed by atoms with E-state index in [0.29, 0.717) is 11.4 Å². The number of anilines is 2. The third-order valence-electron chi connectivity index (χ3n) is 3.06. The van der Waals surface area contributed by atoms with Gasteiger partial charge in [0, 0.05) is 0 Å². The van der Waals surface area contributed by atoms with Crippen LogP contribution in [0.5, 0.6) is 0 Å². The van der Waals surface area contributed by atoms with Crippen LogP contribution < -0.4 is 21.3 Å². The molecule has 0 aromatic heterocycles. The molecule has 0 aliphatic rings. The van der Waals surface area contributed by atoms with Crippen LogP contribution in [-0.2, 0) is 19.1 Å². The maximum Gasteiger partial charge on any atom is 0.408 e. The molecule has 1 rings (SSSR count). The SMILES string of the molecule is CC(C)(C)OC(=O)NCC(=O)Nc1ccccc1NC(=O)CNC(=O)OC(C)(C)C. The fourth-order valence-corrected chi connectivity index (χ4v) is 2.02. The van der Waals surface area contributed by atoms with Gasteiger partial charge in [-0.15, -0.1) is 0 Å². The summed E-state index contributed by atoms with van der Waals surface area (Å²) in [5, 5.41) is 9.89. The molecule has 0 aliphatic carbocycles. The smallest absolute Gasteiger partial charge is 0.408 e. The minimum absolute atomic E-state index is 0.308. The van der Waals surface area contributed by atoms with E-state index >= 15 is 0 Å². The first-order valence-electron chi connectivity index (χ1n) is 9.37. The first kappa shape index (κ1) is 24.7. The molecule has 0 fully saturated rings. The Balaban J connectivity index is 2.57. The van der Waals surface area contributed by atoms with Gasteiger partial charge in [-0.1, -0.05) is 12.1 Å². The van der Waals surface area contributed by atoms with E-state index in [1.165, 1.54) is 0 Å². The van der Waals surface area contributed by atoms with E-state index in [0.717, 1.165) is 0 Å². The zero-order valence-electron chi connectivity index (χ0n) is 18.2. The van der Waals surface area contributed by atoms with Gasteiger partial charge in [0.1, 0.15) is 24.3 Å². The van der Waals surface area contributed by atoms with Gasteiger partial charge in [-0.05, 0) is 53.7 Å². The highest BCUT2D eigenvalue weighted by molar-refractivity contribution is 6.01. The number of carbonyl (C=O) groups is 4. The Morgan fingerprint density at radius 2 is 1.03 bits per heavy atom. The quantitative estimate of drug-likeness (QED) is 0.557. The predicted molar refractivity (Wildman–Crippen MR) is 112 cm³/mol. The maximum absolute atomic E-state index is 12.1. The first-order chi connectivity index (χ1) is 13.7. The summed E-state index contributed by atoms with van der Waals surface area (Å²) in [6.45, 7) is 9.65. The Kier molecular flexibility index (Phi) is 8.63. The van der Waals surface area contributed by atoms with E-state index in [2.05, 4.69) is 21.3 Å². The lowest BCUT2D eigenvalue weighted by Crippen LogP contribution is -2.38. The number of alkyl carbamates (subject to hydrolysis) is 2. The highest BCUT2D eigenvalue weighted by Crippen LogP contribution is 2.20. The molecule has 0 heterocycles. The number of carbonyl (C=O) groups excluding carboxylic acids is 4. The number of para-hydroxylation sites is 2. The zero-order valence-corrected chi connectivity index (χ0v) is 18.2. The fraction of sp³-hybridized carbons (Fsp3) is 0.500. The second kappa shape index (κ2) is 10.5. The van der Waals surface area contributed by atoms with Crippen molar-refractivity contribution in [3.8, 4) is 0 Å². The number of rotatable bonds is 6. The number of hydrogen-bond acceptors (Lipinski definition) is 6. The van der Waals surface area contributed by atoms with Crippen molar-refractivity contribution < 1.29 is 28.7 Å². The molecule has 0 radical (unpaired) electrons. The minimum atomic E-state index is -0.715. The van der Waals surface area contributed by atoms with E-state index in [-0.39, 0.29) is 13.1 Å². The Bertz CT molecular complexity index is 715. The molecular weight excluding hydrogens is 392 g/mol. The summed E-state index contributed by atoms with van der Waals surface area (Å²) in [6.07, 6.45) is -1.43. The van der Waals surface area contributed by atoms with Crippen LogP contribution in [0.15, 0.2) is 24.3 Å². The molecule has 10 nitrogen and oxygen atoms in total. The zero-order chi connectivity index (χ0) is 22.9. The summed E-state index contributed by atoms with van der Waals surface area (Å²) in [4.78, 5) is 47.5. The van der Waals surface area contributed by atoms with Gasteiger partial charge in [-0.2, -0.15) is 0 Å². The average molecular weight is 422 g/mol. The summed E-state index contributed by atoms with van der Waals surface area (Å²) in [7, 11) is 0. The molecule has 0 saturated heterocycles. The Morgan fingerprint density at radius 1 is 0.700 bits per heavy atom. The van der Waals surface area contributed by atoms with Gasteiger partial charge in [-0.25, -0.2) is 9.59 Å². The Morgan fingerprint density at radius 3 is 1.33 bits per heavy atom. The molecule has 0 atom stereocenters. The number of benzene rings is 1. The summed E-state index contributed by atoms with van der Waals surface area (Å²) < 4.78 is 10.1. The summed E-state index contributed by atoms with van der Waals surface area (Å²) in [5.74, 6) is -1.01. The van der Waals surface area contributed by atoms with Gasteiger partial charge in [0.05, 0.1) is 11.4 Å². The molecule has 4 N–H and O–H groups in total. The summed E-state index contributed by atoms with van der Waals surface area (Å²) in [6, 6.07) is 6.52. The van der Waals surface area contributed by atoms with Gasteiger partial charge < -0.3 is 30.7 Å². The molecular formula is C20H30N4O6. The fourth-order valence-electron chi connectivity index (χ4n) is 2.02. The average Bonchev–Trinajstić information content (AvgIpc) is 2.57. The van der Waals surface area contributed by atoms with Crippen LogP contribution in [0.4, 0.5) is 21.0 Å². The van der Waals surface area contributed by atoms with Crippen LogP contribution in [0.3, 0.4) is 0 Å². The van der Waals surface area contributed by atoms with Crippen molar-refractivity contribution in [2.75, 3.05) is 23.7 Å². The lowest BCUT2D eigenvalue weighted by atomic mass is 10.2. The van der Waals surface area contributed by atoms with E-state index in [9.17, 15) is 19.2 Å². The van der Waals surface area contributed by atoms with Crippen LogP contribution in [0, 0.1) is 0 Å². The number of hydrogen-bond donors (Lipinski definition) is 4. The van der Waals surface area contributed by atoms with E-state index in [4.69, 9.17) is 9.47 Å². The van der Waals surface area contributed by atoms with Crippen LogP contribution >= 0.6 is 0 Å². The second-order valence-corrected chi connectivity index (χ2v) is 8.35. The highest BCUT2D eigenvalue weighted by atomic mass is 16.6. The van der Waals surface area contributed by atoms with E-state index in [1.54, 1.807) is 65.8 Å². The van der Waals surface area contributed by atoms with Crippen LogP contribution in [0.1, 0.15) is 41.5 Å². The third kappa shape index (κ3) is 10.9. The number of nitrogens with one attached hydrogen (secondary N) is 4. The van der Waals surface area contributed by atoms with Gasteiger partial charge in [0.15, 0.2) is 0 Å². The third-order valence-corrected chi connectivity index (χ3v) is 3.06. The van der Waals surface area contributed by atoms with Crippen molar-refractivity contribution in [3.05, 3.63) is 24.3 Å². The predicted octanol–water partition coefficient (Wildman–Crippen LogP) is 2.61. The normalized spacial score (nSPS) is 11.1. The van der Waals surface area contributed by atoms with Gasteiger partial charge in [0.25, 0.3) is 0 Å². The summed E-state index contributed by atoms with van der Waals surface area (Å²) in [5.41, 5.74) is -0.687. The van der Waals surface area contributed by atoms with E-state index in [1.807, 2.05) is 0 Å². The minimum Gasteiger partial charge on any atom is -0.444 e. The summed E-state index contributed by atoms with van der Waals surface area (Å²) >= 11 is 0. The highest BCUT2D eigenvalue weighted by Gasteiger charge is 2.18. The molecule has 0 spiro atoms. The molecule has 1 aromatic carbocycles. The van der Waals surface area contributed by atoms with Crippen LogP contribution in [0.2, 0.25) is 0 Å². The maximum atomic E-state index is 12.1. The lowest BCUT2D eigenvalue weighted by Gasteiger charge is -2.20. The van der Waals surface area contributed by atoms with Crippen molar-refractivity contribution in [2.45, 2.75) is 52.7 Å². The standard InChI is InChI=1S/C20H30N4O6/c1-19(2,3)29-17(27)21-11-15(25)23-13-9-7-8-10-14(13)24-16(26)12-22-18(28)30-20(4,5)6/h7-10H,11-12H2,1-6H3,(H,21,27)(H,22,28)(H,23,25)(H,24,26). The molecule has 4 amide bonds. The van der Waals surface area contributed by atoms with Crippen LogP contribution in [-0.4, -0.2) is 48.3 Å². The van der Waals surface area contributed by atoms with Crippen molar-refractivity contribution >= 4 is 35.4 Å². The van der Waals surface area contributed by atoms with Crippen molar-refractivity contribution in [3.63, 3.8) is 0 Å². The molecule has 10 heteroatoms. The molecule has 0 bridgehead atoms. The molecule has 0 unspecified atom stereocenters. The van der Waals surface area contributed by atoms with Crippen molar-refractivity contribution in [1.82, 2.24) is 10.6 Å². The Labute approximate surface area is 176 Å². The number of amides is 4. The van der Waals surface area contributed by atoms with Gasteiger partial charge in [-0.3, -0.25) is 9.59 Å². The lowest BCUT2D eigenvalue weighted by molar-refractivity contribution is -0.116. The molecule has 0 aliphatic heterocycles. The van der Waals surface area contributed by atoms with Crippen LogP contribution in [0.25, 0.3) is 0 Å². The molecule has 30 heavy (non-hydrogen) atoms. The largest absolute Gasteiger partial charge is 0.444 e.